The second-order valence-electron chi connectivity index (χ2n) is 5.98. The number of hydrogen-bond donors (Lipinski definition) is 0. The SMILES string of the molecule is Cc1cc(C(=O)N=c2sc3cc([N+](=O)[O-])ccc3n2C)nn1C(C)C. The molecule has 0 spiro atoms. The van der Waals surface area contributed by atoms with E-state index in [0.717, 1.165) is 11.2 Å². The van der Waals surface area contributed by atoms with Crippen LogP contribution in [0.15, 0.2) is 29.3 Å². The normalized spacial score (nSPS) is 12.3. The van der Waals surface area contributed by atoms with Crippen LogP contribution in [0.4, 0.5) is 5.69 Å². The van der Waals surface area contributed by atoms with Crippen molar-refractivity contribution in [3.63, 3.8) is 0 Å². The molecule has 9 heteroatoms. The predicted molar refractivity (Wildman–Crippen MR) is 94.7 cm³/mol. The number of carbonyl (C=O) groups is 1. The van der Waals surface area contributed by atoms with Crippen molar-refractivity contribution in [1.29, 1.82) is 0 Å². The van der Waals surface area contributed by atoms with Gasteiger partial charge in [0.05, 0.1) is 15.1 Å². The fourth-order valence-corrected chi connectivity index (χ4v) is 3.65. The molecule has 8 nitrogen and oxygen atoms in total. The molecular weight excluding hydrogens is 342 g/mol. The molecule has 3 aromatic rings. The minimum absolute atomic E-state index is 0.0125. The second kappa shape index (κ2) is 6.25. The van der Waals surface area contributed by atoms with Gasteiger partial charge >= 0.3 is 0 Å². The van der Waals surface area contributed by atoms with Crippen LogP contribution in [0, 0.1) is 17.0 Å². The van der Waals surface area contributed by atoms with Gasteiger partial charge in [-0.05, 0) is 32.9 Å². The van der Waals surface area contributed by atoms with Gasteiger partial charge in [0.25, 0.3) is 11.6 Å². The topological polar surface area (TPSA) is 95.3 Å². The summed E-state index contributed by atoms with van der Waals surface area (Å²) in [5, 5.41) is 15.2. The number of carbonyl (C=O) groups excluding carboxylic acids is 1. The highest BCUT2D eigenvalue weighted by Crippen LogP contribution is 2.22. The zero-order valence-corrected chi connectivity index (χ0v) is 15.1. The van der Waals surface area contributed by atoms with E-state index >= 15 is 0 Å². The van der Waals surface area contributed by atoms with E-state index < -0.39 is 10.8 Å². The van der Waals surface area contributed by atoms with Crippen molar-refractivity contribution in [3.8, 4) is 0 Å². The lowest BCUT2D eigenvalue weighted by molar-refractivity contribution is -0.384. The number of nitro groups is 1. The van der Waals surface area contributed by atoms with Gasteiger partial charge in [0.15, 0.2) is 10.5 Å². The number of aryl methyl sites for hydroxylation is 2. The summed E-state index contributed by atoms with van der Waals surface area (Å²) < 4.78 is 4.22. The molecule has 0 aliphatic carbocycles. The van der Waals surface area contributed by atoms with Crippen molar-refractivity contribution in [2.75, 3.05) is 0 Å². The number of nitro benzene ring substituents is 1. The standard InChI is InChI=1S/C16H17N5O3S/c1-9(2)20-10(3)7-12(18-20)15(22)17-16-19(4)13-6-5-11(21(23)24)8-14(13)25-16/h5-9H,1-4H3. The van der Waals surface area contributed by atoms with Gasteiger partial charge < -0.3 is 4.57 Å². The summed E-state index contributed by atoms with van der Waals surface area (Å²) in [4.78, 5) is 27.5. The molecule has 0 N–H and O–H groups in total. The zero-order valence-electron chi connectivity index (χ0n) is 14.3. The van der Waals surface area contributed by atoms with Gasteiger partial charge in [0.2, 0.25) is 0 Å². The molecule has 2 heterocycles. The maximum atomic E-state index is 12.4. The number of aromatic nitrogens is 3. The molecule has 0 aliphatic heterocycles. The number of benzene rings is 1. The highest BCUT2D eigenvalue weighted by Gasteiger charge is 2.15. The summed E-state index contributed by atoms with van der Waals surface area (Å²) in [5.41, 5.74) is 1.98. The Morgan fingerprint density at radius 2 is 2.08 bits per heavy atom. The van der Waals surface area contributed by atoms with Crippen LogP contribution in [0.5, 0.6) is 0 Å². The van der Waals surface area contributed by atoms with Crippen LogP contribution in [-0.4, -0.2) is 25.2 Å². The van der Waals surface area contributed by atoms with E-state index in [9.17, 15) is 14.9 Å². The molecule has 0 fully saturated rings. The molecule has 0 unspecified atom stereocenters. The minimum Gasteiger partial charge on any atom is -0.319 e. The van der Waals surface area contributed by atoms with Gasteiger partial charge in [-0.3, -0.25) is 19.6 Å². The number of nitrogens with zero attached hydrogens (tertiary/aromatic N) is 5. The molecule has 0 bridgehead atoms. The molecule has 0 saturated heterocycles. The Hall–Kier alpha value is -2.81. The second-order valence-corrected chi connectivity index (χ2v) is 6.99. The minimum atomic E-state index is -0.442. The Kier molecular flexibility index (Phi) is 4.25. The number of amides is 1. The maximum absolute atomic E-state index is 12.4. The smallest absolute Gasteiger partial charge is 0.300 e. The van der Waals surface area contributed by atoms with Crippen LogP contribution in [0.1, 0.15) is 36.1 Å². The van der Waals surface area contributed by atoms with Crippen molar-refractivity contribution in [1.82, 2.24) is 14.3 Å². The first-order valence-corrected chi connectivity index (χ1v) is 8.48. The largest absolute Gasteiger partial charge is 0.319 e. The Balaban J connectivity index is 2.06. The summed E-state index contributed by atoms with van der Waals surface area (Å²) >= 11 is 1.23. The molecule has 1 aromatic carbocycles. The van der Waals surface area contributed by atoms with Crippen molar-refractivity contribution in [2.45, 2.75) is 26.8 Å². The molecule has 1 amide bonds. The van der Waals surface area contributed by atoms with E-state index in [1.54, 1.807) is 28.4 Å². The summed E-state index contributed by atoms with van der Waals surface area (Å²) in [5.74, 6) is -0.431. The molecule has 130 valence electrons. The molecule has 0 atom stereocenters. The third kappa shape index (κ3) is 3.10. The van der Waals surface area contributed by atoms with E-state index in [2.05, 4.69) is 10.1 Å². The van der Waals surface area contributed by atoms with Crippen LogP contribution in [-0.2, 0) is 7.05 Å². The van der Waals surface area contributed by atoms with Crippen molar-refractivity contribution < 1.29 is 9.72 Å². The van der Waals surface area contributed by atoms with Crippen LogP contribution in [0.3, 0.4) is 0 Å². The first-order chi connectivity index (χ1) is 11.8. The van der Waals surface area contributed by atoms with Gasteiger partial charge in [-0.25, -0.2) is 0 Å². The lowest BCUT2D eigenvalue weighted by Gasteiger charge is -2.06. The third-order valence-electron chi connectivity index (χ3n) is 3.83. The lowest BCUT2D eigenvalue weighted by Crippen LogP contribution is -2.14. The number of non-ortho nitro benzene ring substituents is 1. The average molecular weight is 359 g/mol. The fourth-order valence-electron chi connectivity index (χ4n) is 2.60. The molecule has 2 aromatic heterocycles. The van der Waals surface area contributed by atoms with Gasteiger partial charge in [0.1, 0.15) is 0 Å². The Morgan fingerprint density at radius 3 is 2.68 bits per heavy atom. The monoisotopic (exact) mass is 359 g/mol. The van der Waals surface area contributed by atoms with E-state index in [4.69, 9.17) is 0 Å². The van der Waals surface area contributed by atoms with E-state index in [1.807, 2.05) is 20.8 Å². The van der Waals surface area contributed by atoms with Crippen molar-refractivity contribution in [3.05, 3.63) is 50.6 Å². The Bertz CT molecular complexity index is 1060. The maximum Gasteiger partial charge on any atom is 0.300 e. The molecule has 0 saturated carbocycles. The van der Waals surface area contributed by atoms with Crippen LogP contribution >= 0.6 is 11.3 Å². The predicted octanol–water partition coefficient (Wildman–Crippen LogP) is 2.97. The first kappa shape index (κ1) is 17.0. The van der Waals surface area contributed by atoms with Gasteiger partial charge in [-0.1, -0.05) is 11.3 Å². The van der Waals surface area contributed by atoms with Crippen LogP contribution in [0.2, 0.25) is 0 Å². The van der Waals surface area contributed by atoms with E-state index in [1.165, 1.54) is 23.5 Å². The third-order valence-corrected chi connectivity index (χ3v) is 4.93. The highest BCUT2D eigenvalue weighted by molar-refractivity contribution is 7.16. The molecule has 0 radical (unpaired) electrons. The van der Waals surface area contributed by atoms with Gasteiger partial charge in [0, 0.05) is 30.9 Å². The lowest BCUT2D eigenvalue weighted by atomic mass is 10.3. The Morgan fingerprint density at radius 1 is 1.36 bits per heavy atom. The number of rotatable bonds is 3. The average Bonchev–Trinajstić information content (AvgIpc) is 3.08. The van der Waals surface area contributed by atoms with Crippen LogP contribution in [0.25, 0.3) is 10.2 Å². The van der Waals surface area contributed by atoms with Crippen molar-refractivity contribution in [2.24, 2.45) is 12.0 Å². The zero-order chi connectivity index (χ0) is 18.3. The van der Waals surface area contributed by atoms with Gasteiger partial charge in [-0.15, -0.1) is 0 Å². The number of thiazole rings is 1. The first-order valence-electron chi connectivity index (χ1n) is 7.67. The molecule has 0 aliphatic rings. The van der Waals surface area contributed by atoms with Crippen molar-refractivity contribution >= 4 is 33.1 Å². The quantitative estimate of drug-likeness (QED) is 0.530. The van der Waals surface area contributed by atoms with E-state index in [-0.39, 0.29) is 17.4 Å². The summed E-state index contributed by atoms with van der Waals surface area (Å²) in [6.07, 6.45) is 0. The van der Waals surface area contributed by atoms with Crippen LogP contribution < -0.4 is 4.80 Å². The highest BCUT2D eigenvalue weighted by atomic mass is 32.1. The summed E-state index contributed by atoms with van der Waals surface area (Å²) in [6, 6.07) is 6.45. The van der Waals surface area contributed by atoms with Gasteiger partial charge in [-0.2, -0.15) is 10.1 Å². The molecular formula is C16H17N5O3S. The van der Waals surface area contributed by atoms with E-state index in [0.29, 0.717) is 9.50 Å². The number of fused-ring (bicyclic) bond motifs is 1. The Labute approximate surface area is 147 Å². The summed E-state index contributed by atoms with van der Waals surface area (Å²) in [6.45, 7) is 5.87. The fraction of sp³-hybridized carbons (Fsp3) is 0.312. The number of hydrogen-bond acceptors (Lipinski definition) is 5. The summed E-state index contributed by atoms with van der Waals surface area (Å²) in [7, 11) is 1.77. The molecule has 25 heavy (non-hydrogen) atoms. The molecule has 3 rings (SSSR count).